The number of cyclic esters (lactones) is 1. The van der Waals surface area contributed by atoms with Gasteiger partial charge in [0, 0.05) is 24.7 Å². The fourth-order valence-electron chi connectivity index (χ4n) is 4.40. The Morgan fingerprint density at radius 1 is 1.03 bits per heavy atom. The molecule has 2 fully saturated rings. The molecule has 3 aliphatic rings. The molecule has 31 heavy (non-hydrogen) atoms. The minimum absolute atomic E-state index is 0.0160. The first kappa shape index (κ1) is 19.4. The van der Waals surface area contributed by atoms with Gasteiger partial charge in [0.2, 0.25) is 0 Å². The number of nitrogens with one attached hydrogen (secondary N) is 1. The first-order valence-electron chi connectivity index (χ1n) is 10.5. The molecule has 1 atom stereocenters. The van der Waals surface area contributed by atoms with Crippen LogP contribution >= 0.6 is 0 Å². The lowest BCUT2D eigenvalue weighted by Crippen LogP contribution is -2.47. The van der Waals surface area contributed by atoms with E-state index in [4.69, 9.17) is 9.47 Å². The highest BCUT2D eigenvalue weighted by molar-refractivity contribution is 5.99. The standard InChI is InChI=1S/C23H23N3O5/c27-21-14-30-19-7-6-16(12-18(19)24-21)22(28)25-10-8-17(9-11-25)26-13-20(31-23(26)29)15-4-2-1-3-5-15/h1-7,12,17,20H,8-11,13-14H2,(H,24,27)/t20-/m1/s1. The molecule has 3 amide bonds. The molecular formula is C23H23N3O5. The van der Waals surface area contributed by atoms with Gasteiger partial charge >= 0.3 is 6.09 Å². The summed E-state index contributed by atoms with van der Waals surface area (Å²) in [6, 6.07) is 14.9. The fraction of sp³-hybridized carbons (Fsp3) is 0.348. The molecule has 0 radical (unpaired) electrons. The molecule has 0 aliphatic carbocycles. The third-order valence-corrected chi connectivity index (χ3v) is 6.06. The van der Waals surface area contributed by atoms with Crippen LogP contribution in [0.25, 0.3) is 0 Å². The molecule has 5 rings (SSSR count). The maximum atomic E-state index is 13.0. The molecule has 0 unspecified atom stereocenters. The van der Waals surface area contributed by atoms with Crippen molar-refractivity contribution in [1.82, 2.24) is 9.80 Å². The minimum atomic E-state index is -0.288. The predicted molar refractivity (Wildman–Crippen MR) is 112 cm³/mol. The third-order valence-electron chi connectivity index (χ3n) is 6.06. The molecular weight excluding hydrogens is 398 g/mol. The summed E-state index contributed by atoms with van der Waals surface area (Å²) >= 11 is 0. The largest absolute Gasteiger partial charge is 0.482 e. The Morgan fingerprint density at radius 3 is 2.58 bits per heavy atom. The van der Waals surface area contributed by atoms with Gasteiger partial charge in [0.25, 0.3) is 11.8 Å². The number of anilines is 1. The lowest BCUT2D eigenvalue weighted by atomic mass is 10.0. The molecule has 0 spiro atoms. The highest BCUT2D eigenvalue weighted by Gasteiger charge is 2.38. The van der Waals surface area contributed by atoms with Gasteiger partial charge in [-0.05, 0) is 36.6 Å². The molecule has 3 aliphatic heterocycles. The number of amides is 3. The quantitative estimate of drug-likeness (QED) is 0.823. The highest BCUT2D eigenvalue weighted by atomic mass is 16.6. The van der Waals surface area contributed by atoms with Crippen molar-refractivity contribution < 1.29 is 23.9 Å². The summed E-state index contributed by atoms with van der Waals surface area (Å²) in [5, 5.41) is 2.73. The summed E-state index contributed by atoms with van der Waals surface area (Å²) in [6.07, 6.45) is 0.866. The van der Waals surface area contributed by atoms with E-state index in [1.807, 2.05) is 30.3 Å². The summed E-state index contributed by atoms with van der Waals surface area (Å²) in [4.78, 5) is 40.5. The second-order valence-corrected chi connectivity index (χ2v) is 8.01. The van der Waals surface area contributed by atoms with Gasteiger partial charge in [0.05, 0.1) is 12.2 Å². The highest BCUT2D eigenvalue weighted by Crippen LogP contribution is 2.32. The Bertz CT molecular complexity index is 1020. The first-order valence-corrected chi connectivity index (χ1v) is 10.5. The monoisotopic (exact) mass is 421 g/mol. The molecule has 8 nitrogen and oxygen atoms in total. The summed E-state index contributed by atoms with van der Waals surface area (Å²) in [6.45, 7) is 1.64. The van der Waals surface area contributed by atoms with E-state index in [2.05, 4.69) is 5.32 Å². The normalized spacial score (nSPS) is 21.2. The Morgan fingerprint density at radius 2 is 1.81 bits per heavy atom. The molecule has 8 heteroatoms. The van der Waals surface area contributed by atoms with Crippen molar-refractivity contribution >= 4 is 23.6 Å². The smallest absolute Gasteiger partial charge is 0.410 e. The Kier molecular flexibility index (Phi) is 4.97. The Hall–Kier alpha value is -3.55. The molecule has 0 bridgehead atoms. The number of rotatable bonds is 3. The van der Waals surface area contributed by atoms with Gasteiger partial charge in [-0.25, -0.2) is 4.79 Å². The van der Waals surface area contributed by atoms with Crippen molar-refractivity contribution in [2.24, 2.45) is 0 Å². The number of nitrogens with zero attached hydrogens (tertiary/aromatic N) is 2. The Balaban J connectivity index is 1.21. The van der Waals surface area contributed by atoms with E-state index in [1.165, 1.54) is 0 Å². The van der Waals surface area contributed by atoms with Crippen molar-refractivity contribution in [2.75, 3.05) is 31.6 Å². The van der Waals surface area contributed by atoms with E-state index in [0.29, 0.717) is 49.5 Å². The van der Waals surface area contributed by atoms with Gasteiger partial charge in [0.1, 0.15) is 11.9 Å². The van der Waals surface area contributed by atoms with Crippen LogP contribution in [0.1, 0.15) is 34.9 Å². The summed E-state index contributed by atoms with van der Waals surface area (Å²) in [5.41, 5.74) is 2.02. The van der Waals surface area contributed by atoms with Crippen molar-refractivity contribution in [1.29, 1.82) is 0 Å². The second-order valence-electron chi connectivity index (χ2n) is 8.01. The number of carbonyl (C=O) groups is 3. The van der Waals surface area contributed by atoms with Crippen LogP contribution in [0.4, 0.5) is 10.5 Å². The van der Waals surface area contributed by atoms with Gasteiger partial charge in [-0.15, -0.1) is 0 Å². The zero-order valence-electron chi connectivity index (χ0n) is 17.0. The lowest BCUT2D eigenvalue weighted by Gasteiger charge is -2.35. The maximum absolute atomic E-state index is 13.0. The zero-order chi connectivity index (χ0) is 21.4. The number of piperidine rings is 1. The average molecular weight is 421 g/mol. The van der Waals surface area contributed by atoms with Crippen LogP contribution in [0.2, 0.25) is 0 Å². The number of carbonyl (C=O) groups excluding carboxylic acids is 3. The summed E-state index contributed by atoms with van der Waals surface area (Å²) < 4.78 is 10.9. The van der Waals surface area contributed by atoms with Crippen LogP contribution < -0.4 is 10.1 Å². The summed E-state index contributed by atoms with van der Waals surface area (Å²) in [7, 11) is 0. The molecule has 0 aromatic heterocycles. The van der Waals surface area contributed by atoms with E-state index in [-0.39, 0.29) is 36.7 Å². The molecule has 160 valence electrons. The van der Waals surface area contributed by atoms with Crippen molar-refractivity contribution in [3.05, 3.63) is 59.7 Å². The Labute approximate surface area is 179 Å². The van der Waals surface area contributed by atoms with Gasteiger partial charge < -0.3 is 24.6 Å². The van der Waals surface area contributed by atoms with Gasteiger partial charge in [-0.1, -0.05) is 30.3 Å². The average Bonchev–Trinajstić information content (AvgIpc) is 3.20. The van der Waals surface area contributed by atoms with Gasteiger partial charge in [-0.2, -0.15) is 0 Å². The van der Waals surface area contributed by atoms with Crippen molar-refractivity contribution in [3.63, 3.8) is 0 Å². The van der Waals surface area contributed by atoms with Crippen LogP contribution in [-0.2, 0) is 9.53 Å². The van der Waals surface area contributed by atoms with E-state index in [9.17, 15) is 14.4 Å². The minimum Gasteiger partial charge on any atom is -0.482 e. The van der Waals surface area contributed by atoms with Crippen LogP contribution in [0.5, 0.6) is 5.75 Å². The number of benzene rings is 2. The number of hydrogen-bond acceptors (Lipinski definition) is 5. The molecule has 2 aromatic carbocycles. The number of fused-ring (bicyclic) bond motifs is 1. The predicted octanol–water partition coefficient (Wildman–Crippen LogP) is 2.82. The third kappa shape index (κ3) is 3.81. The fourth-order valence-corrected chi connectivity index (χ4v) is 4.40. The number of likely N-dealkylation sites (tertiary alicyclic amines) is 1. The van der Waals surface area contributed by atoms with Crippen molar-refractivity contribution in [3.8, 4) is 5.75 Å². The molecule has 2 saturated heterocycles. The number of ether oxygens (including phenoxy) is 2. The molecule has 0 saturated carbocycles. The van der Waals surface area contributed by atoms with E-state index < -0.39 is 0 Å². The number of hydrogen-bond donors (Lipinski definition) is 1. The van der Waals surface area contributed by atoms with Crippen LogP contribution in [0.3, 0.4) is 0 Å². The SMILES string of the molecule is O=C1COc2ccc(C(=O)N3CCC(N4C[C@H](c5ccccc5)OC4=O)CC3)cc2N1. The maximum Gasteiger partial charge on any atom is 0.410 e. The van der Waals surface area contributed by atoms with Crippen LogP contribution in [0, 0.1) is 0 Å². The van der Waals surface area contributed by atoms with Gasteiger partial charge in [-0.3, -0.25) is 9.59 Å². The van der Waals surface area contributed by atoms with E-state index in [1.54, 1.807) is 28.0 Å². The van der Waals surface area contributed by atoms with Gasteiger partial charge in [0.15, 0.2) is 6.61 Å². The topological polar surface area (TPSA) is 88.2 Å². The van der Waals surface area contributed by atoms with E-state index in [0.717, 1.165) is 5.56 Å². The lowest BCUT2D eigenvalue weighted by molar-refractivity contribution is -0.118. The molecule has 3 heterocycles. The zero-order valence-corrected chi connectivity index (χ0v) is 17.0. The molecule has 1 N–H and O–H groups in total. The molecule has 2 aromatic rings. The van der Waals surface area contributed by atoms with Crippen LogP contribution in [0.15, 0.2) is 48.5 Å². The van der Waals surface area contributed by atoms with Crippen LogP contribution in [-0.4, -0.2) is 60.0 Å². The van der Waals surface area contributed by atoms with Crippen molar-refractivity contribution in [2.45, 2.75) is 25.0 Å². The van der Waals surface area contributed by atoms with E-state index >= 15 is 0 Å². The first-order chi connectivity index (χ1) is 15.1. The second kappa shape index (κ2) is 7.94. The summed E-state index contributed by atoms with van der Waals surface area (Å²) in [5.74, 6) is 0.242.